The molecule has 13 nitrogen and oxygen atoms in total. The van der Waals surface area contributed by atoms with Crippen LogP contribution in [-0.2, 0) is 52.2 Å². The highest BCUT2D eigenvalue weighted by Gasteiger charge is 2.57. The minimum atomic E-state index is -0.934. The van der Waals surface area contributed by atoms with Crippen LogP contribution in [0.2, 0.25) is 0 Å². The first-order valence-corrected chi connectivity index (χ1v) is 20.6. The van der Waals surface area contributed by atoms with E-state index in [-0.39, 0.29) is 11.0 Å². The molecule has 59 heavy (non-hydrogen) atoms. The van der Waals surface area contributed by atoms with Gasteiger partial charge in [0, 0.05) is 49.5 Å². The molecule has 1 N–H and O–H groups in total. The molecule has 0 aromatic heterocycles. The maximum Gasteiger partial charge on any atom is 0.403 e. The Kier molecular flexibility index (Phi) is 13.2. The van der Waals surface area contributed by atoms with Gasteiger partial charge in [-0.05, 0) is 101 Å². The number of hydrogen-bond donors (Lipinski definition) is 1. The van der Waals surface area contributed by atoms with E-state index >= 15 is 0 Å². The molecule has 4 spiro atoms. The first kappa shape index (κ1) is 44.5. The highest BCUT2D eigenvalue weighted by molar-refractivity contribution is 7.79. The zero-order chi connectivity index (χ0) is 42.9. The molecule has 8 rings (SSSR count). The maximum atomic E-state index is 13.1. The van der Waals surface area contributed by atoms with Crippen molar-refractivity contribution < 1.29 is 62.1 Å². The zero-order valence-corrected chi connectivity index (χ0v) is 36.5. The van der Waals surface area contributed by atoms with Crippen molar-refractivity contribution in [2.75, 3.05) is 40.6 Å². The SMILES string of the molecule is COC(=O)Cl.COC(=S)OC1=C(c2c(C)cc(C)cc2C)C(=O)OC12CCC1(CC2)OCCO1.Cc1cc(C)c(C2=C(O)C3(CCC4(CC3)OCCO4)OC2=O)c(C)c1. The number of aliphatic hydroxyl groups excluding tert-OH is 1. The van der Waals surface area contributed by atoms with Gasteiger partial charge in [0.2, 0.25) is 0 Å². The molecule has 2 saturated heterocycles. The first-order valence-electron chi connectivity index (χ1n) is 19.8. The van der Waals surface area contributed by atoms with E-state index in [0.29, 0.717) is 94.7 Å². The van der Waals surface area contributed by atoms with E-state index in [9.17, 15) is 19.5 Å². The standard InChI is InChI=1S/C22H26O6S.C20H24O5.C2H3ClO2/c1-13-11-14(2)16(15(3)12-13)17-18(27-20(29)24-4)21(28-19(17)23)5-7-22(8-6-21)25-9-10-26-22;1-12-10-13(2)15(14(3)11-12)16-17(21)19(25-18(16)22)4-6-20(7-5-19)23-8-9-24-20;1-5-2(3)4/h11-12H,5-10H2,1-4H3;10-11,21H,4-9H2,1-3H3;1H3. The van der Waals surface area contributed by atoms with Crippen molar-refractivity contribution in [2.45, 2.75) is 116 Å². The number of aliphatic hydroxyl groups is 1. The summed E-state index contributed by atoms with van der Waals surface area (Å²) in [6.45, 7) is 14.3. The van der Waals surface area contributed by atoms with E-state index < -0.39 is 40.1 Å². The Balaban J connectivity index is 0.000000180. The third-order valence-electron chi connectivity index (χ3n) is 11.9. The molecule has 0 unspecified atom stereocenters. The molecule has 2 aromatic carbocycles. The third-order valence-corrected chi connectivity index (χ3v) is 12.3. The summed E-state index contributed by atoms with van der Waals surface area (Å²) < 4.78 is 49.8. The minimum Gasteiger partial charge on any atom is -0.507 e. The van der Waals surface area contributed by atoms with E-state index in [4.69, 9.17) is 50.1 Å². The van der Waals surface area contributed by atoms with Gasteiger partial charge < -0.3 is 47.7 Å². The zero-order valence-electron chi connectivity index (χ0n) is 34.9. The lowest BCUT2D eigenvalue weighted by Gasteiger charge is -2.40. The van der Waals surface area contributed by atoms with Gasteiger partial charge in [-0.1, -0.05) is 35.4 Å². The quantitative estimate of drug-likeness (QED) is 0.136. The Labute approximate surface area is 355 Å². The summed E-state index contributed by atoms with van der Waals surface area (Å²) >= 11 is 9.78. The van der Waals surface area contributed by atoms with Crippen molar-refractivity contribution in [3.05, 3.63) is 80.3 Å². The smallest absolute Gasteiger partial charge is 0.403 e. The molecule has 0 amide bonds. The fraction of sp³-hybridized carbons (Fsp3) is 0.545. The second-order valence-electron chi connectivity index (χ2n) is 16.0. The van der Waals surface area contributed by atoms with Crippen molar-refractivity contribution in [2.24, 2.45) is 0 Å². The number of carbonyl (C=O) groups is 3. The van der Waals surface area contributed by atoms with Crippen molar-refractivity contribution in [1.29, 1.82) is 0 Å². The number of benzene rings is 2. The third kappa shape index (κ3) is 8.89. The van der Waals surface area contributed by atoms with Gasteiger partial charge in [-0.3, -0.25) is 0 Å². The molecule has 320 valence electrons. The predicted octanol–water partition coefficient (Wildman–Crippen LogP) is 8.37. The summed E-state index contributed by atoms with van der Waals surface area (Å²) in [5.41, 5.74) is 5.98. The van der Waals surface area contributed by atoms with Crippen molar-refractivity contribution in [1.82, 2.24) is 0 Å². The van der Waals surface area contributed by atoms with E-state index in [1.54, 1.807) is 0 Å². The van der Waals surface area contributed by atoms with Gasteiger partial charge in [0.15, 0.2) is 34.3 Å². The fourth-order valence-electron chi connectivity index (χ4n) is 9.36. The summed E-state index contributed by atoms with van der Waals surface area (Å²) in [6, 6.07) is 8.15. The lowest BCUT2D eigenvalue weighted by atomic mass is 9.79. The largest absolute Gasteiger partial charge is 0.507 e. The number of ether oxygens (including phenoxy) is 9. The number of rotatable bonds is 3. The molecule has 6 aliphatic rings. The van der Waals surface area contributed by atoms with Crippen LogP contribution in [0.1, 0.15) is 95.9 Å². The molecule has 2 saturated carbocycles. The molecule has 2 aromatic rings. The molecule has 0 radical (unpaired) electrons. The predicted molar refractivity (Wildman–Crippen MR) is 221 cm³/mol. The number of esters is 2. The van der Waals surface area contributed by atoms with Gasteiger partial charge in [0.05, 0.1) is 40.6 Å². The van der Waals surface area contributed by atoms with Crippen LogP contribution in [0.15, 0.2) is 35.8 Å². The summed E-state index contributed by atoms with van der Waals surface area (Å²) in [7, 11) is 2.67. The number of methoxy groups -OCH3 is 2. The van der Waals surface area contributed by atoms with Crippen molar-refractivity contribution in [3.63, 3.8) is 0 Å². The number of aryl methyl sites for hydroxylation is 6. The van der Waals surface area contributed by atoms with Crippen LogP contribution in [0.5, 0.6) is 0 Å². The average Bonchev–Trinajstić information content (AvgIpc) is 3.95. The fourth-order valence-corrected chi connectivity index (χ4v) is 9.44. The molecule has 4 heterocycles. The summed E-state index contributed by atoms with van der Waals surface area (Å²) in [6.07, 6.45) is 4.56. The molecule has 0 bridgehead atoms. The van der Waals surface area contributed by atoms with Crippen LogP contribution in [0.4, 0.5) is 4.79 Å². The topological polar surface area (TPSA) is 155 Å². The summed E-state index contributed by atoms with van der Waals surface area (Å²) in [5, 5.41) is 11.0. The number of hydrogen-bond acceptors (Lipinski definition) is 14. The second-order valence-corrected chi connectivity index (χ2v) is 16.6. The molecule has 4 aliphatic heterocycles. The van der Waals surface area contributed by atoms with Crippen LogP contribution in [-0.4, -0.2) is 91.1 Å². The van der Waals surface area contributed by atoms with E-state index in [1.165, 1.54) is 14.2 Å². The average molecular weight is 857 g/mol. The van der Waals surface area contributed by atoms with E-state index in [2.05, 4.69) is 28.5 Å². The Morgan fingerprint density at radius 3 is 1.37 bits per heavy atom. The lowest BCUT2D eigenvalue weighted by molar-refractivity contribution is -0.205. The van der Waals surface area contributed by atoms with E-state index in [1.807, 2.05) is 53.7 Å². The maximum absolute atomic E-state index is 13.1. The Morgan fingerprint density at radius 2 is 0.983 bits per heavy atom. The van der Waals surface area contributed by atoms with Gasteiger partial charge >= 0.3 is 22.6 Å². The molecule has 0 atom stereocenters. The molecule has 15 heteroatoms. The molecule has 2 aliphatic carbocycles. The highest BCUT2D eigenvalue weighted by atomic mass is 35.5. The number of thiocarbonyl (C=S) groups is 1. The number of carbonyl (C=O) groups excluding carboxylic acids is 3. The van der Waals surface area contributed by atoms with Crippen LogP contribution in [0, 0.1) is 41.5 Å². The van der Waals surface area contributed by atoms with Crippen LogP contribution in [0.25, 0.3) is 11.1 Å². The highest BCUT2D eigenvalue weighted by Crippen LogP contribution is 2.53. The van der Waals surface area contributed by atoms with Gasteiger partial charge in [-0.25, -0.2) is 14.4 Å². The monoisotopic (exact) mass is 856 g/mol. The van der Waals surface area contributed by atoms with Gasteiger partial charge in [0.25, 0.3) is 0 Å². The molecular weight excluding hydrogens is 804 g/mol. The van der Waals surface area contributed by atoms with Gasteiger partial charge in [-0.2, -0.15) is 0 Å². The molecule has 4 fully saturated rings. The lowest BCUT2D eigenvalue weighted by Crippen LogP contribution is -2.45. The van der Waals surface area contributed by atoms with E-state index in [0.717, 1.165) is 44.5 Å². The van der Waals surface area contributed by atoms with Crippen LogP contribution >= 0.6 is 23.8 Å². The Morgan fingerprint density at radius 1 is 0.627 bits per heavy atom. The van der Waals surface area contributed by atoms with Crippen LogP contribution < -0.4 is 0 Å². The number of halogens is 1. The Bertz CT molecular complexity index is 2010. The molecular formula is C44H53ClO13S. The van der Waals surface area contributed by atoms with Crippen molar-refractivity contribution in [3.8, 4) is 0 Å². The Hall–Kier alpha value is -4.05. The first-order chi connectivity index (χ1) is 27.9. The summed E-state index contributed by atoms with van der Waals surface area (Å²) in [4.78, 5) is 35.1. The second kappa shape index (κ2) is 17.5. The normalized spacial score (nSPS) is 21.8. The summed E-state index contributed by atoms with van der Waals surface area (Å²) in [5.74, 6) is -1.45. The van der Waals surface area contributed by atoms with Crippen molar-refractivity contribution >= 4 is 57.6 Å². The minimum absolute atomic E-state index is 0.0359. The van der Waals surface area contributed by atoms with Gasteiger partial charge in [0.1, 0.15) is 11.1 Å². The van der Waals surface area contributed by atoms with Crippen LogP contribution in [0.3, 0.4) is 0 Å². The van der Waals surface area contributed by atoms with Gasteiger partial charge in [-0.15, -0.1) is 0 Å².